The van der Waals surface area contributed by atoms with Crippen molar-refractivity contribution in [3.05, 3.63) is 76.7 Å². The minimum Gasteiger partial charge on any atom is -0.465 e. The van der Waals surface area contributed by atoms with Gasteiger partial charge in [-0.3, -0.25) is 0 Å². The van der Waals surface area contributed by atoms with E-state index in [1.807, 2.05) is 31.2 Å². The summed E-state index contributed by atoms with van der Waals surface area (Å²) >= 11 is 0. The van der Waals surface area contributed by atoms with Crippen molar-refractivity contribution in [3.63, 3.8) is 0 Å². The lowest BCUT2D eigenvalue weighted by atomic mass is 10.0. The maximum atomic E-state index is 13.2. The van der Waals surface area contributed by atoms with Gasteiger partial charge in [-0.2, -0.15) is 5.10 Å². The van der Waals surface area contributed by atoms with Crippen molar-refractivity contribution in [2.24, 2.45) is 0 Å². The molecule has 1 aliphatic heterocycles. The number of nitrogens with zero attached hydrogens (tertiary/aromatic N) is 5. The average Bonchev–Trinajstić information content (AvgIpc) is 3.21. The molecule has 0 saturated carbocycles. The second kappa shape index (κ2) is 9.45. The molecule has 0 aliphatic carbocycles. The van der Waals surface area contributed by atoms with Crippen LogP contribution in [0.3, 0.4) is 0 Å². The maximum absolute atomic E-state index is 13.2. The lowest BCUT2D eigenvalue weighted by Crippen LogP contribution is -2.48. The maximum Gasteiger partial charge on any atom is 0.407 e. The first-order chi connectivity index (χ1) is 15.9. The van der Waals surface area contributed by atoms with E-state index < -0.39 is 24.1 Å². The number of amides is 1. The van der Waals surface area contributed by atoms with E-state index in [4.69, 9.17) is 5.11 Å². The molecule has 1 fully saturated rings. The van der Waals surface area contributed by atoms with Gasteiger partial charge in [0.05, 0.1) is 11.7 Å². The van der Waals surface area contributed by atoms with Gasteiger partial charge in [-0.05, 0) is 48.4 Å². The molecule has 9 nitrogen and oxygen atoms in total. The molecular formula is C23H26FN5O4. The predicted octanol–water partition coefficient (Wildman–Crippen LogP) is 2.66. The number of aromatic nitrogens is 3. The van der Waals surface area contributed by atoms with Gasteiger partial charge in [-0.25, -0.2) is 23.2 Å². The Labute approximate surface area is 189 Å². The largest absolute Gasteiger partial charge is 0.465 e. The van der Waals surface area contributed by atoms with Crippen molar-refractivity contribution in [1.82, 2.24) is 19.2 Å². The van der Waals surface area contributed by atoms with E-state index in [-0.39, 0.29) is 5.69 Å². The summed E-state index contributed by atoms with van der Waals surface area (Å²) in [6.07, 6.45) is -0.0421. The lowest BCUT2D eigenvalue weighted by molar-refractivity contribution is 0.101. The van der Waals surface area contributed by atoms with Crippen LogP contribution in [0.1, 0.15) is 31.1 Å². The van der Waals surface area contributed by atoms with Crippen molar-refractivity contribution < 1.29 is 19.4 Å². The summed E-state index contributed by atoms with van der Waals surface area (Å²) in [4.78, 5) is 27.6. The van der Waals surface area contributed by atoms with E-state index in [0.717, 1.165) is 5.69 Å². The average molecular weight is 455 g/mol. The highest BCUT2D eigenvalue weighted by atomic mass is 19.1. The summed E-state index contributed by atoms with van der Waals surface area (Å²) in [7, 11) is 0. The first-order valence-corrected chi connectivity index (χ1v) is 10.8. The lowest BCUT2D eigenvalue weighted by Gasteiger charge is -2.34. The summed E-state index contributed by atoms with van der Waals surface area (Å²) < 4.78 is 15.9. The van der Waals surface area contributed by atoms with Crippen molar-refractivity contribution >= 4 is 11.8 Å². The first kappa shape index (κ1) is 22.5. The summed E-state index contributed by atoms with van der Waals surface area (Å²) in [5.74, 6) is -0.396. The molecule has 33 heavy (non-hydrogen) atoms. The second-order valence-corrected chi connectivity index (χ2v) is 7.97. The number of anilines is 1. The number of aliphatic hydroxyl groups is 1. The van der Waals surface area contributed by atoms with Gasteiger partial charge >= 0.3 is 11.8 Å². The normalized spacial score (nSPS) is 16.0. The molecule has 3 aromatic rings. The molecule has 0 bridgehead atoms. The molecule has 2 N–H and O–H groups in total. The van der Waals surface area contributed by atoms with Crippen LogP contribution in [0.25, 0.3) is 5.69 Å². The molecule has 1 amide bonds. The van der Waals surface area contributed by atoms with Crippen LogP contribution in [0.2, 0.25) is 0 Å². The summed E-state index contributed by atoms with van der Waals surface area (Å²) in [6, 6.07) is 12.3. The van der Waals surface area contributed by atoms with Gasteiger partial charge in [0.1, 0.15) is 18.2 Å². The minimum atomic E-state index is -1.01. The van der Waals surface area contributed by atoms with Crippen molar-refractivity contribution in [3.8, 4) is 5.69 Å². The van der Waals surface area contributed by atoms with Gasteiger partial charge in [0.2, 0.25) is 0 Å². The summed E-state index contributed by atoms with van der Waals surface area (Å²) in [5.41, 5.74) is 1.70. The van der Waals surface area contributed by atoms with Crippen molar-refractivity contribution in [1.29, 1.82) is 0 Å². The topological polar surface area (TPSA) is 104 Å². The monoisotopic (exact) mass is 455 g/mol. The molecule has 4 rings (SSSR count). The summed E-state index contributed by atoms with van der Waals surface area (Å²) in [5, 5.41) is 24.1. The zero-order valence-electron chi connectivity index (χ0n) is 18.2. The number of piperazine rings is 1. The number of carbonyl (C=O) groups is 1. The Morgan fingerprint density at radius 3 is 2.21 bits per heavy atom. The van der Waals surface area contributed by atoms with Gasteiger partial charge < -0.3 is 20.0 Å². The molecule has 0 radical (unpaired) electrons. The number of carboxylic acid groups (broad SMARTS) is 1. The smallest absolute Gasteiger partial charge is 0.407 e. The van der Waals surface area contributed by atoms with Crippen molar-refractivity contribution in [2.45, 2.75) is 25.5 Å². The van der Waals surface area contributed by atoms with Crippen LogP contribution < -0.4 is 10.6 Å². The SMILES string of the molecule is CC[C@H]([C@H](O)c1ccc(F)cc1)n1ncn(-c2ccc(N3CCN(C(=O)O)CC3)cc2)c1=O. The predicted molar refractivity (Wildman–Crippen MR) is 120 cm³/mol. The van der Waals surface area contributed by atoms with Crippen LogP contribution in [0.4, 0.5) is 14.9 Å². The number of rotatable bonds is 6. The fraction of sp³-hybridized carbons (Fsp3) is 0.348. The van der Waals surface area contributed by atoms with Gasteiger partial charge in [0.25, 0.3) is 0 Å². The molecular weight excluding hydrogens is 429 g/mol. The van der Waals surface area contributed by atoms with Crippen LogP contribution in [0.15, 0.2) is 59.7 Å². The Hall–Kier alpha value is -3.66. The van der Waals surface area contributed by atoms with Gasteiger partial charge in [0, 0.05) is 31.9 Å². The fourth-order valence-electron chi connectivity index (χ4n) is 4.11. The molecule has 0 unspecified atom stereocenters. The Kier molecular flexibility index (Phi) is 6.45. The van der Waals surface area contributed by atoms with Gasteiger partial charge in [-0.1, -0.05) is 19.1 Å². The Balaban J connectivity index is 1.52. The number of hydrogen-bond acceptors (Lipinski definition) is 5. The molecule has 2 atom stereocenters. The molecule has 174 valence electrons. The number of aliphatic hydroxyl groups excluding tert-OH is 1. The zero-order valence-corrected chi connectivity index (χ0v) is 18.2. The highest BCUT2D eigenvalue weighted by Gasteiger charge is 2.25. The third-order valence-corrected chi connectivity index (χ3v) is 6.05. The highest BCUT2D eigenvalue weighted by Crippen LogP contribution is 2.28. The molecule has 1 aromatic heterocycles. The third-order valence-electron chi connectivity index (χ3n) is 6.05. The number of hydrogen-bond donors (Lipinski definition) is 2. The quantitative estimate of drug-likeness (QED) is 0.592. The fourth-order valence-corrected chi connectivity index (χ4v) is 4.11. The minimum absolute atomic E-state index is 0.383. The zero-order chi connectivity index (χ0) is 23.5. The highest BCUT2D eigenvalue weighted by molar-refractivity contribution is 5.65. The van der Waals surface area contributed by atoms with Crippen LogP contribution >= 0.6 is 0 Å². The van der Waals surface area contributed by atoms with Crippen LogP contribution in [-0.4, -0.2) is 61.7 Å². The van der Waals surface area contributed by atoms with E-state index in [1.165, 1.54) is 44.7 Å². The molecule has 1 saturated heterocycles. The van der Waals surface area contributed by atoms with Crippen LogP contribution in [0.5, 0.6) is 0 Å². The standard InChI is InChI=1S/C23H26FN5O4/c1-2-20(21(30)16-3-5-17(24)6-4-16)29-22(31)28(15-25-29)19-9-7-18(8-10-19)26-11-13-27(14-12-26)23(32)33/h3-10,15,20-21,30H,2,11-14H2,1H3,(H,32,33)/t20-,21-/m1/s1. The van der Waals surface area contributed by atoms with E-state index >= 15 is 0 Å². The van der Waals surface area contributed by atoms with Crippen LogP contribution in [-0.2, 0) is 0 Å². The Morgan fingerprint density at radius 2 is 1.64 bits per heavy atom. The molecule has 2 heterocycles. The van der Waals surface area contributed by atoms with E-state index in [0.29, 0.717) is 43.9 Å². The molecule has 1 aliphatic rings. The Morgan fingerprint density at radius 1 is 1.03 bits per heavy atom. The first-order valence-electron chi connectivity index (χ1n) is 10.8. The summed E-state index contributed by atoms with van der Waals surface area (Å²) in [6.45, 7) is 3.93. The molecule has 2 aromatic carbocycles. The molecule has 10 heteroatoms. The van der Waals surface area contributed by atoms with Gasteiger partial charge in [-0.15, -0.1) is 0 Å². The van der Waals surface area contributed by atoms with E-state index in [9.17, 15) is 19.1 Å². The molecule has 0 spiro atoms. The Bertz CT molecular complexity index is 1150. The van der Waals surface area contributed by atoms with Gasteiger partial charge in [0.15, 0.2) is 0 Å². The third kappa shape index (κ3) is 4.61. The second-order valence-electron chi connectivity index (χ2n) is 7.97. The van der Waals surface area contributed by atoms with E-state index in [2.05, 4.69) is 10.00 Å². The number of benzene rings is 2. The van der Waals surface area contributed by atoms with Crippen molar-refractivity contribution in [2.75, 3.05) is 31.1 Å². The number of halogens is 1. The van der Waals surface area contributed by atoms with E-state index in [1.54, 1.807) is 0 Å². The van der Waals surface area contributed by atoms with Crippen LogP contribution in [0, 0.1) is 5.82 Å².